The molecule has 3 heterocycles. The van der Waals surface area contributed by atoms with Crippen molar-refractivity contribution in [1.29, 1.82) is 0 Å². The molecule has 0 saturated carbocycles. The van der Waals surface area contributed by atoms with E-state index in [0.717, 1.165) is 5.56 Å². The molecule has 0 atom stereocenters. The first-order valence-corrected chi connectivity index (χ1v) is 11.5. The van der Waals surface area contributed by atoms with Gasteiger partial charge in [-0.3, -0.25) is 10.1 Å². The van der Waals surface area contributed by atoms with Gasteiger partial charge in [-0.2, -0.15) is 13.2 Å². The van der Waals surface area contributed by atoms with E-state index in [0.29, 0.717) is 28.5 Å². The molecule has 37 heavy (non-hydrogen) atoms. The van der Waals surface area contributed by atoms with Crippen molar-refractivity contribution < 1.29 is 18.0 Å². The van der Waals surface area contributed by atoms with Crippen LogP contribution in [0.5, 0.6) is 0 Å². The number of aryl methyl sites for hydroxylation is 1. The maximum absolute atomic E-state index is 12.8. The van der Waals surface area contributed by atoms with Crippen LogP contribution >= 0.6 is 11.3 Å². The van der Waals surface area contributed by atoms with Crippen molar-refractivity contribution in [3.63, 3.8) is 0 Å². The number of benzene rings is 1. The highest BCUT2D eigenvalue weighted by atomic mass is 32.1. The summed E-state index contributed by atoms with van der Waals surface area (Å²) in [6.07, 6.45) is 1.96. The first-order chi connectivity index (χ1) is 17.5. The normalized spacial score (nSPS) is 11.6. The Balaban J connectivity index is 1.60. The molecule has 2 N–H and O–H groups in total. The van der Waals surface area contributed by atoms with Gasteiger partial charge in [0.2, 0.25) is 16.1 Å². The molecular weight excluding hydrogens is 509 g/mol. The Morgan fingerprint density at radius 3 is 2.57 bits per heavy atom. The average molecular weight is 531 g/mol. The lowest BCUT2D eigenvalue weighted by Crippen LogP contribution is -2.14. The zero-order valence-corrected chi connectivity index (χ0v) is 20.9. The molecule has 11 nitrogen and oxygen atoms in total. The minimum atomic E-state index is -4.64. The number of hydrogen-bond acceptors (Lipinski definition) is 11. The lowest BCUT2D eigenvalue weighted by atomic mass is 10.1. The summed E-state index contributed by atoms with van der Waals surface area (Å²) < 4.78 is 38.3. The number of fused-ring (bicyclic) bond motifs is 1. The van der Waals surface area contributed by atoms with Gasteiger partial charge in [-0.1, -0.05) is 17.4 Å². The Kier molecular flexibility index (Phi) is 7.15. The highest BCUT2D eigenvalue weighted by Gasteiger charge is 2.35. The predicted molar refractivity (Wildman–Crippen MR) is 134 cm³/mol. The van der Waals surface area contributed by atoms with Crippen molar-refractivity contribution >= 4 is 50.9 Å². The molecule has 4 rings (SSSR count). The quantitative estimate of drug-likeness (QED) is 0.361. The van der Waals surface area contributed by atoms with Gasteiger partial charge in [0.25, 0.3) is 5.91 Å². The Labute approximate surface area is 213 Å². The second kappa shape index (κ2) is 10.3. The lowest BCUT2D eigenvalue weighted by Gasteiger charge is -2.15. The van der Waals surface area contributed by atoms with Crippen LogP contribution in [0.1, 0.15) is 20.9 Å². The van der Waals surface area contributed by atoms with Crippen LogP contribution in [0.25, 0.3) is 11.0 Å². The highest BCUT2D eigenvalue weighted by molar-refractivity contribution is 7.15. The number of amides is 1. The highest BCUT2D eigenvalue weighted by Crippen LogP contribution is 2.33. The molecule has 0 saturated heterocycles. The number of rotatable bonds is 7. The first kappa shape index (κ1) is 25.7. The lowest BCUT2D eigenvalue weighted by molar-refractivity contribution is -0.138. The number of aromatic nitrogens is 6. The molecular formula is C22H21F3N10OS. The summed E-state index contributed by atoms with van der Waals surface area (Å²) >= 11 is 0.245. The summed E-state index contributed by atoms with van der Waals surface area (Å²) in [5.74, 6) is 0.168. The number of hydrogen-bond donors (Lipinski definition) is 2. The topological polar surface area (TPSA) is 125 Å². The van der Waals surface area contributed by atoms with Crippen LogP contribution in [0.15, 0.2) is 43.1 Å². The fourth-order valence-electron chi connectivity index (χ4n) is 2.99. The van der Waals surface area contributed by atoms with Crippen molar-refractivity contribution in [2.24, 2.45) is 0 Å². The molecule has 192 valence electrons. The van der Waals surface area contributed by atoms with Gasteiger partial charge in [-0.15, -0.1) is 10.2 Å². The molecule has 4 aromatic rings. The zero-order valence-electron chi connectivity index (χ0n) is 20.1. The van der Waals surface area contributed by atoms with Gasteiger partial charge in [0.1, 0.15) is 17.4 Å². The Morgan fingerprint density at radius 2 is 1.86 bits per heavy atom. The van der Waals surface area contributed by atoms with E-state index < -0.39 is 17.1 Å². The number of anilines is 4. The fourth-order valence-corrected chi connectivity index (χ4v) is 3.60. The fraction of sp³-hybridized carbons (Fsp3) is 0.227. The summed E-state index contributed by atoms with van der Waals surface area (Å²) in [5.41, 5.74) is 2.50. The molecule has 0 unspecified atom stereocenters. The van der Waals surface area contributed by atoms with E-state index in [-0.39, 0.29) is 22.0 Å². The average Bonchev–Trinajstić information content (AvgIpc) is 3.33. The summed E-state index contributed by atoms with van der Waals surface area (Å²) in [7, 11) is 5.59. The van der Waals surface area contributed by atoms with Crippen LogP contribution in [0.4, 0.5) is 35.8 Å². The van der Waals surface area contributed by atoms with E-state index in [1.807, 2.05) is 32.1 Å². The number of halogens is 3. The van der Waals surface area contributed by atoms with E-state index >= 15 is 0 Å². The van der Waals surface area contributed by atoms with Gasteiger partial charge in [-0.05, 0) is 24.6 Å². The summed E-state index contributed by atoms with van der Waals surface area (Å²) in [5, 5.41) is 10.6. The second-order valence-electron chi connectivity index (χ2n) is 8.02. The monoisotopic (exact) mass is 530 g/mol. The third-order valence-electron chi connectivity index (χ3n) is 4.91. The van der Waals surface area contributed by atoms with Gasteiger partial charge in [0.15, 0.2) is 5.82 Å². The SMILES string of the molecule is Cc1ccc(C(=O)Nc2nnc(C(F)(F)F)s2)cc1Nc1ncnc2cnc(N(C)/C=C/N(C)C)nc12. The molecule has 0 radical (unpaired) electrons. The molecule has 0 aliphatic carbocycles. The van der Waals surface area contributed by atoms with Gasteiger partial charge in [0, 0.05) is 44.8 Å². The van der Waals surface area contributed by atoms with Crippen molar-refractivity contribution in [2.75, 3.05) is 36.7 Å². The Hall–Kier alpha value is -4.40. The molecule has 0 bridgehead atoms. The number of carbonyl (C=O) groups is 1. The van der Waals surface area contributed by atoms with E-state index in [1.54, 1.807) is 42.5 Å². The van der Waals surface area contributed by atoms with Crippen molar-refractivity contribution in [1.82, 2.24) is 35.0 Å². The molecule has 1 amide bonds. The number of nitrogens with one attached hydrogen (secondary N) is 2. The van der Waals surface area contributed by atoms with Crippen molar-refractivity contribution in [2.45, 2.75) is 13.1 Å². The van der Waals surface area contributed by atoms with Gasteiger partial charge >= 0.3 is 6.18 Å². The molecule has 1 aromatic carbocycles. The van der Waals surface area contributed by atoms with E-state index in [2.05, 4.69) is 40.8 Å². The molecule has 0 spiro atoms. The third kappa shape index (κ3) is 6.06. The molecule has 0 aliphatic rings. The van der Waals surface area contributed by atoms with Crippen molar-refractivity contribution in [3.05, 3.63) is 59.3 Å². The summed E-state index contributed by atoms with van der Waals surface area (Å²) in [4.78, 5) is 33.7. The van der Waals surface area contributed by atoms with Crippen molar-refractivity contribution in [3.8, 4) is 0 Å². The van der Waals surface area contributed by atoms with Crippen LogP contribution in [-0.4, -0.2) is 62.1 Å². The maximum Gasteiger partial charge on any atom is 0.445 e. The van der Waals surface area contributed by atoms with Gasteiger partial charge < -0.3 is 15.1 Å². The molecule has 0 fully saturated rings. The van der Waals surface area contributed by atoms with Crippen LogP contribution in [-0.2, 0) is 6.18 Å². The molecule has 15 heteroatoms. The van der Waals surface area contributed by atoms with Gasteiger partial charge in [-0.25, -0.2) is 19.9 Å². The number of nitrogens with zero attached hydrogens (tertiary/aromatic N) is 8. The minimum Gasteiger partial charge on any atom is -0.382 e. The van der Waals surface area contributed by atoms with Crippen LogP contribution in [0.3, 0.4) is 0 Å². The van der Waals surface area contributed by atoms with E-state index in [4.69, 9.17) is 0 Å². The minimum absolute atomic E-state index is 0.194. The van der Waals surface area contributed by atoms with E-state index in [9.17, 15) is 18.0 Å². The Morgan fingerprint density at radius 1 is 1.08 bits per heavy atom. The van der Waals surface area contributed by atoms with Crippen LogP contribution < -0.4 is 15.5 Å². The molecule has 0 aliphatic heterocycles. The van der Waals surface area contributed by atoms with Crippen LogP contribution in [0.2, 0.25) is 0 Å². The number of carbonyl (C=O) groups excluding carboxylic acids is 1. The largest absolute Gasteiger partial charge is 0.445 e. The van der Waals surface area contributed by atoms with E-state index in [1.165, 1.54) is 6.33 Å². The summed E-state index contributed by atoms with van der Waals surface area (Å²) in [6, 6.07) is 4.80. The third-order valence-corrected chi connectivity index (χ3v) is 5.79. The molecule has 3 aromatic heterocycles. The smallest absolute Gasteiger partial charge is 0.382 e. The number of alkyl halides is 3. The van der Waals surface area contributed by atoms with Crippen LogP contribution in [0, 0.1) is 6.92 Å². The Bertz CT molecular complexity index is 1470. The van der Waals surface area contributed by atoms with Gasteiger partial charge in [0.05, 0.1) is 6.20 Å². The standard InChI is InChI=1S/C22H21F3N10OS/c1-12-5-6-13(18(36)31-21-33-32-19(37-21)22(23,24)25)9-14(12)29-17-16-15(27-11-28-17)10-26-20(30-16)35(4)8-7-34(2)3/h5-11H,1-4H3,(H,27,28,29)(H,31,33,36)/b8-7+. The first-order valence-electron chi connectivity index (χ1n) is 10.7. The predicted octanol–water partition coefficient (Wildman–Crippen LogP) is 4.06. The maximum atomic E-state index is 12.8. The zero-order chi connectivity index (χ0) is 26.7. The summed E-state index contributed by atoms with van der Waals surface area (Å²) in [6.45, 7) is 1.83. The second-order valence-corrected chi connectivity index (χ2v) is 9.00.